The molecule has 10 heteroatoms. The van der Waals surface area contributed by atoms with Gasteiger partial charge in [0.05, 0.1) is 5.69 Å². The number of sulfonamides is 1. The smallest absolute Gasteiger partial charge is 0.341 e. The van der Waals surface area contributed by atoms with Crippen LogP contribution in [0.5, 0.6) is 5.75 Å². The van der Waals surface area contributed by atoms with Gasteiger partial charge in [0.1, 0.15) is 11.5 Å². The number of ether oxygens (including phenoxy) is 1. The maximum absolute atomic E-state index is 12.6. The summed E-state index contributed by atoms with van der Waals surface area (Å²) in [6.45, 7) is 1.90. The highest BCUT2D eigenvalue weighted by Crippen LogP contribution is 2.25. The van der Waals surface area contributed by atoms with Crippen molar-refractivity contribution in [1.29, 1.82) is 0 Å². The van der Waals surface area contributed by atoms with Gasteiger partial charge < -0.3 is 9.84 Å². The predicted octanol–water partition coefficient (Wildman–Crippen LogP) is 1.85. The number of pyridine rings is 1. The Balaban J connectivity index is 1.60. The summed E-state index contributed by atoms with van der Waals surface area (Å²) in [5.41, 5.74) is 1.29. The summed E-state index contributed by atoms with van der Waals surface area (Å²) < 4.78 is 32.1. The highest BCUT2D eigenvalue weighted by Gasteiger charge is 2.27. The van der Waals surface area contributed by atoms with Gasteiger partial charge in [0.15, 0.2) is 6.61 Å². The van der Waals surface area contributed by atoms with Crippen LogP contribution in [0, 0.1) is 0 Å². The number of carbonyl (C=O) groups is 1. The molecule has 0 aliphatic carbocycles. The fraction of sp³-hybridized carbons (Fsp3) is 0.368. The lowest BCUT2D eigenvalue weighted by molar-refractivity contribution is -0.139. The number of aliphatic carboxylic acids is 1. The van der Waals surface area contributed by atoms with Gasteiger partial charge in [0, 0.05) is 49.5 Å². The Morgan fingerprint density at radius 2 is 1.93 bits per heavy atom. The molecule has 3 rings (SSSR count). The zero-order chi connectivity index (χ0) is 20.9. The minimum Gasteiger partial charge on any atom is -0.482 e. The molecule has 0 radical (unpaired) electrons. The van der Waals surface area contributed by atoms with Crippen molar-refractivity contribution in [2.24, 2.45) is 0 Å². The first-order valence-corrected chi connectivity index (χ1v) is 11.1. The van der Waals surface area contributed by atoms with E-state index in [1.54, 1.807) is 42.6 Å². The fourth-order valence-corrected chi connectivity index (χ4v) is 4.76. The van der Waals surface area contributed by atoms with Gasteiger partial charge in [-0.15, -0.1) is 0 Å². The normalized spacial score (nSPS) is 15.9. The third-order valence-electron chi connectivity index (χ3n) is 4.55. The van der Waals surface area contributed by atoms with Crippen molar-refractivity contribution in [2.45, 2.75) is 12.3 Å². The van der Waals surface area contributed by atoms with Crippen LogP contribution in [0.4, 0.5) is 0 Å². The second-order valence-electron chi connectivity index (χ2n) is 6.69. The molecule has 1 saturated heterocycles. The lowest BCUT2D eigenvalue weighted by Gasteiger charge is -2.34. The van der Waals surface area contributed by atoms with E-state index >= 15 is 0 Å². The standard InChI is InChI=1S/C19H22ClN3O5S/c20-16-4-5-18(28-13-19(24)25)15(11-16)12-22-7-9-23(10-8-22)29(26,27)14-17-3-1-2-6-21-17/h1-6,11H,7-10,12-14H2,(H,24,25). The van der Waals surface area contributed by atoms with Crippen LogP contribution < -0.4 is 4.74 Å². The molecule has 1 fully saturated rings. The molecule has 1 aliphatic rings. The molecule has 2 aromatic rings. The SMILES string of the molecule is O=C(O)COc1ccc(Cl)cc1CN1CCN(S(=O)(=O)Cc2ccccn2)CC1. The molecule has 1 N–H and O–H groups in total. The summed E-state index contributed by atoms with van der Waals surface area (Å²) in [5, 5.41) is 9.35. The van der Waals surface area contributed by atoms with E-state index in [0.29, 0.717) is 49.2 Å². The second kappa shape index (κ2) is 9.53. The molecule has 0 saturated carbocycles. The highest BCUT2D eigenvalue weighted by molar-refractivity contribution is 7.88. The van der Waals surface area contributed by atoms with Gasteiger partial charge in [-0.05, 0) is 30.3 Å². The maximum atomic E-state index is 12.6. The first kappa shape index (κ1) is 21.5. The summed E-state index contributed by atoms with van der Waals surface area (Å²) in [6.07, 6.45) is 1.58. The van der Waals surface area contributed by atoms with Gasteiger partial charge >= 0.3 is 5.97 Å². The van der Waals surface area contributed by atoms with Gasteiger partial charge in [-0.2, -0.15) is 4.31 Å². The van der Waals surface area contributed by atoms with Crippen LogP contribution in [0.2, 0.25) is 5.02 Å². The van der Waals surface area contributed by atoms with E-state index in [4.69, 9.17) is 21.4 Å². The number of hydrogen-bond acceptors (Lipinski definition) is 6. The number of benzene rings is 1. The minimum atomic E-state index is -3.43. The van der Waals surface area contributed by atoms with Crippen LogP contribution in [-0.2, 0) is 27.1 Å². The van der Waals surface area contributed by atoms with Gasteiger partial charge in [0.2, 0.25) is 10.0 Å². The Labute approximate surface area is 174 Å². The number of carboxylic acid groups (broad SMARTS) is 1. The van der Waals surface area contributed by atoms with E-state index in [-0.39, 0.29) is 5.75 Å². The molecule has 156 valence electrons. The highest BCUT2D eigenvalue weighted by atomic mass is 35.5. The van der Waals surface area contributed by atoms with Crippen molar-refractivity contribution in [2.75, 3.05) is 32.8 Å². The first-order valence-electron chi connectivity index (χ1n) is 9.06. The molecule has 1 aromatic heterocycles. The number of rotatable bonds is 8. The Morgan fingerprint density at radius 1 is 1.17 bits per heavy atom. The summed E-state index contributed by atoms with van der Waals surface area (Å²) in [5.74, 6) is -0.713. The molecule has 0 atom stereocenters. The summed E-state index contributed by atoms with van der Waals surface area (Å²) in [4.78, 5) is 17.0. The van der Waals surface area contributed by atoms with E-state index in [1.165, 1.54) is 4.31 Å². The van der Waals surface area contributed by atoms with E-state index in [9.17, 15) is 13.2 Å². The number of nitrogens with zero attached hydrogens (tertiary/aromatic N) is 3. The van der Waals surface area contributed by atoms with Gasteiger partial charge in [-0.1, -0.05) is 17.7 Å². The number of piperazine rings is 1. The molecule has 0 amide bonds. The lowest BCUT2D eigenvalue weighted by atomic mass is 10.1. The molecule has 1 aliphatic heterocycles. The van der Waals surface area contributed by atoms with Crippen molar-refractivity contribution in [3.05, 3.63) is 58.9 Å². The molecular weight excluding hydrogens is 418 g/mol. The Bertz CT molecular complexity index is 948. The van der Waals surface area contributed by atoms with E-state index in [2.05, 4.69) is 9.88 Å². The maximum Gasteiger partial charge on any atom is 0.341 e. The quantitative estimate of drug-likeness (QED) is 0.669. The van der Waals surface area contributed by atoms with Crippen LogP contribution in [0.3, 0.4) is 0 Å². The average Bonchev–Trinajstić information content (AvgIpc) is 2.68. The van der Waals surface area contributed by atoms with E-state index < -0.39 is 22.6 Å². The first-order chi connectivity index (χ1) is 13.8. The average molecular weight is 440 g/mol. The molecule has 0 bridgehead atoms. The topological polar surface area (TPSA) is 100 Å². The van der Waals surface area contributed by atoms with Crippen molar-refractivity contribution in [3.8, 4) is 5.75 Å². The zero-order valence-corrected chi connectivity index (χ0v) is 17.3. The largest absolute Gasteiger partial charge is 0.482 e. The molecule has 0 spiro atoms. The van der Waals surface area contributed by atoms with Crippen LogP contribution in [0.15, 0.2) is 42.6 Å². The number of halogens is 1. The van der Waals surface area contributed by atoms with Crippen LogP contribution in [0.25, 0.3) is 0 Å². The fourth-order valence-electron chi connectivity index (χ4n) is 3.12. The van der Waals surface area contributed by atoms with Gasteiger partial charge in [-0.3, -0.25) is 9.88 Å². The summed E-state index contributed by atoms with van der Waals surface area (Å²) >= 11 is 6.07. The molecular formula is C19H22ClN3O5S. The minimum absolute atomic E-state index is 0.116. The summed E-state index contributed by atoms with van der Waals surface area (Å²) in [6, 6.07) is 10.2. The second-order valence-corrected chi connectivity index (χ2v) is 9.09. The van der Waals surface area contributed by atoms with Crippen LogP contribution >= 0.6 is 11.6 Å². The van der Waals surface area contributed by atoms with Crippen LogP contribution in [0.1, 0.15) is 11.3 Å². The molecule has 29 heavy (non-hydrogen) atoms. The van der Waals surface area contributed by atoms with Crippen molar-refractivity contribution in [1.82, 2.24) is 14.2 Å². The predicted molar refractivity (Wildman–Crippen MR) is 108 cm³/mol. The number of aromatic nitrogens is 1. The molecule has 1 aromatic carbocycles. The Hall–Kier alpha value is -2.20. The number of carboxylic acids is 1. The monoisotopic (exact) mass is 439 g/mol. The molecule has 0 unspecified atom stereocenters. The third-order valence-corrected chi connectivity index (χ3v) is 6.60. The Morgan fingerprint density at radius 3 is 2.59 bits per heavy atom. The van der Waals surface area contributed by atoms with Crippen LogP contribution in [-0.4, -0.2) is 66.5 Å². The van der Waals surface area contributed by atoms with Gasteiger partial charge in [-0.25, -0.2) is 13.2 Å². The Kier molecular flexibility index (Phi) is 7.07. The van der Waals surface area contributed by atoms with Crippen molar-refractivity contribution < 1.29 is 23.1 Å². The van der Waals surface area contributed by atoms with Crippen molar-refractivity contribution in [3.63, 3.8) is 0 Å². The van der Waals surface area contributed by atoms with Gasteiger partial charge in [0.25, 0.3) is 0 Å². The van der Waals surface area contributed by atoms with Crippen molar-refractivity contribution >= 4 is 27.6 Å². The number of hydrogen-bond donors (Lipinski definition) is 1. The van der Waals surface area contributed by atoms with E-state index in [0.717, 1.165) is 5.56 Å². The molecule has 8 nitrogen and oxygen atoms in total. The lowest BCUT2D eigenvalue weighted by Crippen LogP contribution is -2.48. The van der Waals surface area contributed by atoms with E-state index in [1.807, 2.05) is 0 Å². The summed E-state index contributed by atoms with van der Waals surface area (Å²) in [7, 11) is -3.43. The zero-order valence-electron chi connectivity index (χ0n) is 15.7. The molecule has 2 heterocycles. The third kappa shape index (κ3) is 6.14.